The number of β-amino-alcohol motifs (C(OH)–C–C–N with tert-alkyl or cyclic N) is 1. The predicted molar refractivity (Wildman–Crippen MR) is 92.7 cm³/mol. The van der Waals surface area contributed by atoms with E-state index < -0.39 is 6.10 Å². The van der Waals surface area contributed by atoms with Crippen LogP contribution < -0.4 is 0 Å². The molecule has 1 aromatic rings. The van der Waals surface area contributed by atoms with Crippen molar-refractivity contribution in [1.29, 1.82) is 0 Å². The molecule has 23 heavy (non-hydrogen) atoms. The van der Waals surface area contributed by atoms with Gasteiger partial charge in [-0.15, -0.1) is 0 Å². The molecule has 5 nitrogen and oxygen atoms in total. The van der Waals surface area contributed by atoms with Crippen molar-refractivity contribution in [2.75, 3.05) is 53.4 Å². The summed E-state index contributed by atoms with van der Waals surface area (Å²) in [6.45, 7) is 4.97. The molecule has 0 aromatic heterocycles. The highest BCUT2D eigenvalue weighted by Gasteiger charge is 2.19. The minimum absolute atomic E-state index is 0.00440. The second-order valence-corrected chi connectivity index (χ2v) is 6.77. The van der Waals surface area contributed by atoms with Gasteiger partial charge in [-0.1, -0.05) is 23.7 Å². The lowest BCUT2D eigenvalue weighted by molar-refractivity contribution is -0.130. The summed E-state index contributed by atoms with van der Waals surface area (Å²) in [5.41, 5.74) is 0.930. The number of carbonyl (C=O) groups excluding carboxylic acids is 1. The summed E-state index contributed by atoms with van der Waals surface area (Å²) in [5, 5.41) is 10.9. The van der Waals surface area contributed by atoms with E-state index in [0.29, 0.717) is 24.5 Å². The molecule has 1 atom stereocenters. The summed E-state index contributed by atoms with van der Waals surface area (Å²) < 4.78 is 0. The fourth-order valence-corrected chi connectivity index (χ4v) is 2.84. The Labute approximate surface area is 143 Å². The van der Waals surface area contributed by atoms with Crippen molar-refractivity contribution in [2.45, 2.75) is 12.5 Å². The third-order valence-corrected chi connectivity index (χ3v) is 4.50. The fourth-order valence-electron chi connectivity index (χ4n) is 2.72. The summed E-state index contributed by atoms with van der Waals surface area (Å²) >= 11 is 5.85. The number of piperazine rings is 1. The smallest absolute Gasteiger partial charge is 0.226 e. The van der Waals surface area contributed by atoms with Crippen LogP contribution in [0.1, 0.15) is 5.56 Å². The first-order chi connectivity index (χ1) is 10.9. The third-order valence-electron chi connectivity index (χ3n) is 4.24. The molecule has 128 valence electrons. The second-order valence-electron chi connectivity index (χ2n) is 6.34. The van der Waals surface area contributed by atoms with Gasteiger partial charge in [0.2, 0.25) is 5.91 Å². The molecule has 1 aromatic carbocycles. The van der Waals surface area contributed by atoms with E-state index in [9.17, 15) is 9.90 Å². The van der Waals surface area contributed by atoms with Crippen LogP contribution in [0.4, 0.5) is 0 Å². The predicted octanol–water partition coefficient (Wildman–Crippen LogP) is 0.949. The van der Waals surface area contributed by atoms with Crippen molar-refractivity contribution in [3.8, 4) is 0 Å². The van der Waals surface area contributed by atoms with Crippen molar-refractivity contribution in [2.24, 2.45) is 0 Å². The van der Waals surface area contributed by atoms with Gasteiger partial charge >= 0.3 is 0 Å². The van der Waals surface area contributed by atoms with Crippen LogP contribution in [0.3, 0.4) is 0 Å². The SMILES string of the molecule is CN1CCN(CC(O)CN(C)C(=O)Cc2ccc(Cl)cc2)CC1. The van der Waals surface area contributed by atoms with Gasteiger partial charge in [0.25, 0.3) is 0 Å². The van der Waals surface area contributed by atoms with Gasteiger partial charge in [-0.3, -0.25) is 9.69 Å². The lowest BCUT2D eigenvalue weighted by Gasteiger charge is -2.34. The van der Waals surface area contributed by atoms with Crippen molar-refractivity contribution in [3.05, 3.63) is 34.9 Å². The van der Waals surface area contributed by atoms with Gasteiger partial charge in [-0.2, -0.15) is 0 Å². The van der Waals surface area contributed by atoms with Crippen LogP contribution >= 0.6 is 11.6 Å². The Bertz CT molecular complexity index is 501. The number of aliphatic hydroxyl groups is 1. The van der Waals surface area contributed by atoms with Gasteiger partial charge in [0.15, 0.2) is 0 Å². The van der Waals surface area contributed by atoms with Crippen molar-refractivity contribution in [3.63, 3.8) is 0 Å². The summed E-state index contributed by atoms with van der Waals surface area (Å²) in [7, 11) is 3.85. The maximum Gasteiger partial charge on any atom is 0.226 e. The van der Waals surface area contributed by atoms with E-state index in [4.69, 9.17) is 11.6 Å². The number of halogens is 1. The maximum absolute atomic E-state index is 12.2. The van der Waals surface area contributed by atoms with Crippen LogP contribution in [-0.2, 0) is 11.2 Å². The number of rotatable bonds is 6. The number of benzene rings is 1. The van der Waals surface area contributed by atoms with Crippen LogP contribution in [-0.4, -0.2) is 85.2 Å². The summed E-state index contributed by atoms with van der Waals surface area (Å²) in [6.07, 6.45) is -0.188. The average molecular weight is 340 g/mol. The molecule has 0 saturated carbocycles. The Balaban J connectivity index is 1.75. The number of carbonyl (C=O) groups is 1. The second kappa shape index (κ2) is 8.64. The normalized spacial score (nSPS) is 17.9. The van der Waals surface area contributed by atoms with Gasteiger partial charge < -0.3 is 14.9 Å². The highest BCUT2D eigenvalue weighted by atomic mass is 35.5. The standard InChI is InChI=1S/C17H26ClN3O2/c1-19-7-9-21(10-8-19)13-16(22)12-20(2)17(23)11-14-3-5-15(18)6-4-14/h3-6,16,22H,7-13H2,1-2H3. The fraction of sp³-hybridized carbons (Fsp3) is 0.588. The Morgan fingerprint density at radius 2 is 1.87 bits per heavy atom. The van der Waals surface area contributed by atoms with Crippen LogP contribution in [0.15, 0.2) is 24.3 Å². The van der Waals surface area contributed by atoms with Crippen molar-refractivity contribution in [1.82, 2.24) is 14.7 Å². The lowest BCUT2D eigenvalue weighted by Crippen LogP contribution is -2.49. The largest absolute Gasteiger partial charge is 0.390 e. The molecular weight excluding hydrogens is 314 g/mol. The van der Waals surface area contributed by atoms with E-state index in [0.717, 1.165) is 31.7 Å². The minimum atomic E-state index is -0.516. The molecular formula is C17H26ClN3O2. The zero-order valence-corrected chi connectivity index (χ0v) is 14.7. The zero-order chi connectivity index (χ0) is 16.8. The van der Waals surface area contributed by atoms with Crippen LogP contribution in [0, 0.1) is 0 Å². The molecule has 1 amide bonds. The molecule has 1 unspecified atom stereocenters. The van der Waals surface area contributed by atoms with E-state index in [-0.39, 0.29) is 5.91 Å². The maximum atomic E-state index is 12.2. The molecule has 1 N–H and O–H groups in total. The van der Waals surface area contributed by atoms with Gasteiger partial charge in [0, 0.05) is 51.3 Å². The quantitative estimate of drug-likeness (QED) is 0.838. The highest BCUT2D eigenvalue weighted by Crippen LogP contribution is 2.11. The molecule has 0 bridgehead atoms. The monoisotopic (exact) mass is 339 g/mol. The molecule has 6 heteroatoms. The summed E-state index contributed by atoms with van der Waals surface area (Å²) in [6, 6.07) is 7.28. The number of hydrogen-bond donors (Lipinski definition) is 1. The topological polar surface area (TPSA) is 47.0 Å². The van der Waals surface area contributed by atoms with E-state index in [1.54, 1.807) is 24.1 Å². The van der Waals surface area contributed by atoms with Crippen LogP contribution in [0.25, 0.3) is 0 Å². The van der Waals surface area contributed by atoms with Gasteiger partial charge in [0.05, 0.1) is 12.5 Å². The first-order valence-electron chi connectivity index (χ1n) is 8.01. The molecule has 1 aliphatic heterocycles. The first-order valence-corrected chi connectivity index (χ1v) is 8.39. The zero-order valence-electron chi connectivity index (χ0n) is 13.9. The van der Waals surface area contributed by atoms with Crippen molar-refractivity contribution < 1.29 is 9.90 Å². The number of aliphatic hydroxyl groups excluding tert-OH is 1. The molecule has 0 radical (unpaired) electrons. The summed E-state index contributed by atoms with van der Waals surface area (Å²) in [4.78, 5) is 18.4. The number of hydrogen-bond acceptors (Lipinski definition) is 4. The molecule has 1 fully saturated rings. The van der Waals surface area contributed by atoms with E-state index in [1.165, 1.54) is 0 Å². The molecule has 0 aliphatic carbocycles. The van der Waals surface area contributed by atoms with E-state index in [2.05, 4.69) is 16.8 Å². The number of nitrogens with zero attached hydrogens (tertiary/aromatic N) is 3. The Morgan fingerprint density at radius 3 is 2.48 bits per heavy atom. The summed E-state index contributed by atoms with van der Waals surface area (Å²) in [5.74, 6) is 0.00440. The van der Waals surface area contributed by atoms with Crippen LogP contribution in [0.5, 0.6) is 0 Å². The molecule has 1 heterocycles. The number of likely N-dealkylation sites (N-methyl/N-ethyl adjacent to an activating group) is 2. The van der Waals surface area contributed by atoms with Crippen LogP contribution in [0.2, 0.25) is 5.02 Å². The first kappa shape index (κ1) is 18.2. The average Bonchev–Trinajstić information content (AvgIpc) is 2.51. The molecule has 1 saturated heterocycles. The Kier molecular flexibility index (Phi) is 6.84. The van der Waals surface area contributed by atoms with E-state index in [1.807, 2.05) is 12.1 Å². The third kappa shape index (κ3) is 6.11. The highest BCUT2D eigenvalue weighted by molar-refractivity contribution is 6.30. The Morgan fingerprint density at radius 1 is 1.26 bits per heavy atom. The van der Waals surface area contributed by atoms with Gasteiger partial charge in [-0.05, 0) is 24.7 Å². The van der Waals surface area contributed by atoms with Crippen molar-refractivity contribution >= 4 is 17.5 Å². The van der Waals surface area contributed by atoms with Gasteiger partial charge in [0.1, 0.15) is 0 Å². The molecule has 0 spiro atoms. The lowest BCUT2D eigenvalue weighted by atomic mass is 10.1. The van der Waals surface area contributed by atoms with E-state index >= 15 is 0 Å². The molecule has 1 aliphatic rings. The number of amides is 1. The molecule has 2 rings (SSSR count). The Hall–Kier alpha value is -1.14. The van der Waals surface area contributed by atoms with Gasteiger partial charge in [-0.25, -0.2) is 0 Å². The minimum Gasteiger partial charge on any atom is -0.390 e.